The van der Waals surface area contributed by atoms with Crippen LogP contribution in [0, 0.1) is 6.92 Å². The quantitative estimate of drug-likeness (QED) is 0.708. The fourth-order valence-electron chi connectivity index (χ4n) is 3.92. The van der Waals surface area contributed by atoms with Gasteiger partial charge in [0.15, 0.2) is 0 Å². The molecule has 0 spiro atoms. The van der Waals surface area contributed by atoms with E-state index >= 15 is 0 Å². The largest absolute Gasteiger partial charge is 0.494 e. The zero-order valence-corrected chi connectivity index (χ0v) is 16.9. The van der Waals surface area contributed by atoms with Gasteiger partial charge in [-0.15, -0.1) is 0 Å². The van der Waals surface area contributed by atoms with Gasteiger partial charge in [0, 0.05) is 43.0 Å². The normalized spacial score (nSPS) is 15.5. The van der Waals surface area contributed by atoms with Crippen LogP contribution in [0.3, 0.4) is 0 Å². The van der Waals surface area contributed by atoms with Crippen LogP contribution in [0.25, 0.3) is 10.9 Å². The first-order valence-corrected chi connectivity index (χ1v) is 9.98. The summed E-state index contributed by atoms with van der Waals surface area (Å²) < 4.78 is 5.61. The summed E-state index contributed by atoms with van der Waals surface area (Å²) in [4.78, 5) is 14.3. The molecule has 1 aromatic carbocycles. The van der Waals surface area contributed by atoms with Crippen LogP contribution in [-0.4, -0.2) is 57.9 Å². The van der Waals surface area contributed by atoms with E-state index in [0.29, 0.717) is 12.6 Å². The number of nitrogens with one attached hydrogen (secondary N) is 1. The topological polar surface area (TPSA) is 70.2 Å². The van der Waals surface area contributed by atoms with Gasteiger partial charge in [0.1, 0.15) is 5.75 Å². The molecule has 0 atom stereocenters. The smallest absolute Gasteiger partial charge is 0.226 e. The molecule has 4 rings (SSSR count). The van der Waals surface area contributed by atoms with Crippen molar-refractivity contribution in [3.05, 3.63) is 41.9 Å². The Morgan fingerprint density at radius 2 is 2.04 bits per heavy atom. The lowest BCUT2D eigenvalue weighted by molar-refractivity contribution is 0.198. The summed E-state index contributed by atoms with van der Waals surface area (Å²) in [5, 5.41) is 8.14. The van der Waals surface area contributed by atoms with E-state index in [1.165, 1.54) is 0 Å². The first-order valence-electron chi connectivity index (χ1n) is 9.98. The first-order chi connectivity index (χ1) is 13.6. The average Bonchev–Trinajstić information content (AvgIpc) is 3.22. The predicted octanol–water partition coefficient (Wildman–Crippen LogP) is 3.16. The molecule has 7 nitrogen and oxygen atoms in total. The van der Waals surface area contributed by atoms with Gasteiger partial charge in [-0.1, -0.05) is 0 Å². The lowest BCUT2D eigenvalue weighted by atomic mass is 10.0. The maximum absolute atomic E-state index is 5.61. The van der Waals surface area contributed by atoms with Crippen LogP contribution < -0.4 is 9.64 Å². The molecular weight excluding hydrogens is 352 g/mol. The van der Waals surface area contributed by atoms with Gasteiger partial charge in [-0.2, -0.15) is 5.10 Å². The van der Waals surface area contributed by atoms with Crippen molar-refractivity contribution in [2.75, 3.05) is 31.6 Å². The Morgan fingerprint density at radius 1 is 1.21 bits per heavy atom. The fraction of sp³-hybridized carbons (Fsp3) is 0.476. The van der Waals surface area contributed by atoms with E-state index in [1.54, 1.807) is 0 Å². The summed E-state index contributed by atoms with van der Waals surface area (Å²) in [5.74, 6) is 1.71. The van der Waals surface area contributed by atoms with E-state index in [2.05, 4.69) is 27.0 Å². The third-order valence-corrected chi connectivity index (χ3v) is 5.51. The molecule has 0 unspecified atom stereocenters. The SMILES string of the molecule is CCOc1ccc2nc(N3CCC(N(C)Cc4ccn[nH]4)CC3)nc(C)c2c1. The van der Waals surface area contributed by atoms with Crippen molar-refractivity contribution < 1.29 is 4.74 Å². The Balaban J connectivity index is 1.44. The van der Waals surface area contributed by atoms with Gasteiger partial charge in [-0.3, -0.25) is 10.00 Å². The highest BCUT2D eigenvalue weighted by atomic mass is 16.5. The molecule has 2 aromatic heterocycles. The summed E-state index contributed by atoms with van der Waals surface area (Å²) >= 11 is 0. The summed E-state index contributed by atoms with van der Waals surface area (Å²) in [5.41, 5.74) is 3.13. The van der Waals surface area contributed by atoms with Gasteiger partial charge in [0.25, 0.3) is 0 Å². The molecule has 0 saturated carbocycles. The van der Waals surface area contributed by atoms with Crippen LogP contribution in [0.1, 0.15) is 31.2 Å². The van der Waals surface area contributed by atoms with E-state index < -0.39 is 0 Å². The molecule has 1 aliphatic heterocycles. The molecule has 0 aliphatic carbocycles. The molecule has 7 heteroatoms. The Bertz CT molecular complexity index is 918. The van der Waals surface area contributed by atoms with Crippen molar-refractivity contribution in [2.24, 2.45) is 0 Å². The minimum atomic E-state index is 0.565. The van der Waals surface area contributed by atoms with E-state index in [1.807, 2.05) is 44.3 Å². The van der Waals surface area contributed by atoms with Crippen molar-refractivity contribution in [1.82, 2.24) is 25.1 Å². The molecule has 28 heavy (non-hydrogen) atoms. The highest BCUT2D eigenvalue weighted by molar-refractivity contribution is 5.83. The number of hydrogen-bond acceptors (Lipinski definition) is 6. The van der Waals surface area contributed by atoms with Crippen molar-refractivity contribution in [2.45, 2.75) is 39.3 Å². The second kappa shape index (κ2) is 8.14. The van der Waals surface area contributed by atoms with E-state index in [0.717, 1.165) is 66.5 Å². The number of aryl methyl sites for hydroxylation is 1. The molecule has 1 saturated heterocycles. The number of H-pyrrole nitrogens is 1. The molecule has 3 aromatic rings. The van der Waals surface area contributed by atoms with E-state index in [9.17, 15) is 0 Å². The fourth-order valence-corrected chi connectivity index (χ4v) is 3.92. The molecule has 0 radical (unpaired) electrons. The standard InChI is InChI=1S/C21H28N6O/c1-4-28-18-5-6-20-19(13-18)15(2)23-21(24-20)27-11-8-17(9-12-27)26(3)14-16-7-10-22-25-16/h5-7,10,13,17H,4,8-9,11-12,14H2,1-3H3,(H,22,25). The number of anilines is 1. The van der Waals surface area contributed by atoms with Crippen LogP contribution in [0.4, 0.5) is 5.95 Å². The zero-order valence-electron chi connectivity index (χ0n) is 16.9. The average molecular weight is 380 g/mol. The van der Waals surface area contributed by atoms with E-state index in [-0.39, 0.29) is 0 Å². The molecular formula is C21H28N6O. The van der Waals surface area contributed by atoms with Crippen molar-refractivity contribution >= 4 is 16.9 Å². The highest BCUT2D eigenvalue weighted by Gasteiger charge is 2.24. The van der Waals surface area contributed by atoms with Gasteiger partial charge in [0.05, 0.1) is 17.8 Å². The number of rotatable bonds is 6. The lowest BCUT2D eigenvalue weighted by Gasteiger charge is -2.36. The van der Waals surface area contributed by atoms with Crippen molar-refractivity contribution in [1.29, 1.82) is 0 Å². The van der Waals surface area contributed by atoms with Gasteiger partial charge >= 0.3 is 0 Å². The molecule has 0 bridgehead atoms. The van der Waals surface area contributed by atoms with Crippen LogP contribution >= 0.6 is 0 Å². The summed E-state index contributed by atoms with van der Waals surface area (Å²) in [7, 11) is 2.19. The molecule has 1 aliphatic rings. The van der Waals surface area contributed by atoms with Gasteiger partial charge < -0.3 is 9.64 Å². The number of ether oxygens (including phenoxy) is 1. The molecule has 1 N–H and O–H groups in total. The zero-order chi connectivity index (χ0) is 19.5. The molecule has 1 fully saturated rings. The Kier molecular flexibility index (Phi) is 5.43. The summed E-state index contributed by atoms with van der Waals surface area (Å²) in [6.45, 7) is 7.55. The number of benzene rings is 1. The summed E-state index contributed by atoms with van der Waals surface area (Å²) in [6, 6.07) is 8.65. The number of aromatic nitrogens is 4. The lowest BCUT2D eigenvalue weighted by Crippen LogP contribution is -2.43. The second-order valence-corrected chi connectivity index (χ2v) is 7.44. The molecule has 148 valence electrons. The minimum Gasteiger partial charge on any atom is -0.494 e. The minimum absolute atomic E-state index is 0.565. The maximum Gasteiger partial charge on any atom is 0.226 e. The first kappa shape index (κ1) is 18.7. The third kappa shape index (κ3) is 3.94. The predicted molar refractivity (Wildman–Crippen MR) is 111 cm³/mol. The molecule has 0 amide bonds. The Morgan fingerprint density at radius 3 is 2.75 bits per heavy atom. The van der Waals surface area contributed by atoms with E-state index in [4.69, 9.17) is 14.7 Å². The van der Waals surface area contributed by atoms with Crippen LogP contribution in [-0.2, 0) is 6.54 Å². The third-order valence-electron chi connectivity index (χ3n) is 5.51. The van der Waals surface area contributed by atoms with Crippen molar-refractivity contribution in [3.8, 4) is 5.75 Å². The van der Waals surface area contributed by atoms with Gasteiger partial charge in [0.2, 0.25) is 5.95 Å². The number of piperidine rings is 1. The summed E-state index contributed by atoms with van der Waals surface area (Å²) in [6.07, 6.45) is 4.02. The number of fused-ring (bicyclic) bond motifs is 1. The number of aromatic amines is 1. The Hall–Kier alpha value is -2.67. The monoisotopic (exact) mass is 380 g/mol. The second-order valence-electron chi connectivity index (χ2n) is 7.44. The van der Waals surface area contributed by atoms with Gasteiger partial charge in [-0.25, -0.2) is 9.97 Å². The Labute approximate surface area is 165 Å². The van der Waals surface area contributed by atoms with Crippen LogP contribution in [0.2, 0.25) is 0 Å². The number of hydrogen-bond donors (Lipinski definition) is 1. The maximum atomic E-state index is 5.61. The van der Waals surface area contributed by atoms with Crippen LogP contribution in [0.15, 0.2) is 30.5 Å². The number of nitrogens with zero attached hydrogens (tertiary/aromatic N) is 5. The van der Waals surface area contributed by atoms with Crippen molar-refractivity contribution in [3.63, 3.8) is 0 Å². The van der Waals surface area contributed by atoms with Crippen LogP contribution in [0.5, 0.6) is 5.75 Å². The molecule has 3 heterocycles. The highest BCUT2D eigenvalue weighted by Crippen LogP contribution is 2.26. The van der Waals surface area contributed by atoms with Gasteiger partial charge in [-0.05, 0) is 58.0 Å².